The molecule has 2 bridgehead atoms. The van der Waals surface area contributed by atoms with Gasteiger partial charge in [0.05, 0.1) is 0 Å². The fraction of sp³-hybridized carbons (Fsp3) is 0.212. The molecule has 2 heteroatoms. The molecule has 0 saturated heterocycles. The summed E-state index contributed by atoms with van der Waals surface area (Å²) in [4.78, 5) is 0. The number of allylic oxidation sites excluding steroid dienone is 2. The number of rotatable bonds is 6. The Morgan fingerprint density at radius 2 is 0.686 bits per heavy atom. The van der Waals surface area contributed by atoms with Crippen molar-refractivity contribution in [3.05, 3.63) is 156 Å². The second-order valence-corrected chi connectivity index (χ2v) is 10.00. The van der Waals surface area contributed by atoms with Crippen molar-refractivity contribution in [2.45, 2.75) is 17.6 Å². The van der Waals surface area contributed by atoms with E-state index < -0.39 is 11.2 Å². The molecule has 4 aromatic rings. The molecule has 0 radical (unpaired) electrons. The first-order valence-electron chi connectivity index (χ1n) is 12.5. The molecule has 0 amide bonds. The fourth-order valence-corrected chi connectivity index (χ4v) is 6.83. The summed E-state index contributed by atoms with van der Waals surface area (Å²) in [5.41, 5.74) is 0.955. The van der Waals surface area contributed by atoms with E-state index in [9.17, 15) is 10.2 Å². The number of aliphatic hydroxyl groups is 2. The highest BCUT2D eigenvalue weighted by Crippen LogP contribution is 2.62. The van der Waals surface area contributed by atoms with E-state index >= 15 is 0 Å². The molecule has 2 aliphatic rings. The second-order valence-electron chi connectivity index (χ2n) is 10.00. The molecular formula is C33H30O2. The minimum atomic E-state index is -1.26. The summed E-state index contributed by atoms with van der Waals surface area (Å²) < 4.78 is 0. The smallest absolute Gasteiger partial charge is 0.118 e. The van der Waals surface area contributed by atoms with Crippen molar-refractivity contribution in [3.8, 4) is 0 Å². The lowest BCUT2D eigenvalue weighted by Crippen LogP contribution is -2.50. The van der Waals surface area contributed by atoms with Gasteiger partial charge in [-0.1, -0.05) is 133 Å². The van der Waals surface area contributed by atoms with Gasteiger partial charge < -0.3 is 10.2 Å². The Kier molecular flexibility index (Phi) is 5.44. The maximum atomic E-state index is 12.9. The molecule has 0 aliphatic heterocycles. The maximum absolute atomic E-state index is 12.9. The third-order valence-corrected chi connectivity index (χ3v) is 8.28. The van der Waals surface area contributed by atoms with Crippen LogP contribution in [0.1, 0.15) is 28.7 Å². The maximum Gasteiger partial charge on any atom is 0.118 e. The SMILES string of the molecule is OC(c1ccccc1)(c1ccccc1)[C@@H]1[C@@H](C(O)(c2ccccc2)c2ccccc2)[C@H]2C=C[C@@H]1C2. The lowest BCUT2D eigenvalue weighted by molar-refractivity contribution is -0.0878. The lowest BCUT2D eigenvalue weighted by Gasteiger charge is -2.48. The van der Waals surface area contributed by atoms with E-state index in [4.69, 9.17) is 0 Å². The van der Waals surface area contributed by atoms with Crippen LogP contribution in [-0.4, -0.2) is 10.2 Å². The monoisotopic (exact) mass is 458 g/mol. The van der Waals surface area contributed by atoms with Gasteiger partial charge >= 0.3 is 0 Å². The molecule has 2 nitrogen and oxygen atoms in total. The van der Waals surface area contributed by atoms with Gasteiger partial charge in [-0.3, -0.25) is 0 Å². The molecule has 1 saturated carbocycles. The van der Waals surface area contributed by atoms with E-state index in [0.29, 0.717) is 0 Å². The molecule has 1 fully saturated rings. The predicted octanol–water partition coefficient (Wildman–Crippen LogP) is 6.30. The Morgan fingerprint density at radius 1 is 0.429 bits per heavy atom. The van der Waals surface area contributed by atoms with Crippen molar-refractivity contribution >= 4 is 0 Å². The summed E-state index contributed by atoms with van der Waals surface area (Å²) in [6.07, 6.45) is 5.46. The van der Waals surface area contributed by atoms with Gasteiger partial charge in [0.25, 0.3) is 0 Å². The number of hydrogen-bond donors (Lipinski definition) is 2. The van der Waals surface area contributed by atoms with Crippen LogP contribution in [-0.2, 0) is 11.2 Å². The number of hydrogen-bond acceptors (Lipinski definition) is 2. The van der Waals surface area contributed by atoms with Gasteiger partial charge in [-0.25, -0.2) is 0 Å². The van der Waals surface area contributed by atoms with Crippen molar-refractivity contribution in [2.24, 2.45) is 23.7 Å². The van der Waals surface area contributed by atoms with Crippen molar-refractivity contribution in [1.82, 2.24) is 0 Å². The molecule has 35 heavy (non-hydrogen) atoms. The van der Waals surface area contributed by atoms with Crippen LogP contribution in [0.25, 0.3) is 0 Å². The van der Waals surface area contributed by atoms with Crippen LogP contribution in [0, 0.1) is 23.7 Å². The summed E-state index contributed by atoms with van der Waals surface area (Å²) in [5, 5.41) is 25.7. The van der Waals surface area contributed by atoms with Crippen molar-refractivity contribution in [3.63, 3.8) is 0 Å². The van der Waals surface area contributed by atoms with Crippen LogP contribution in [0.15, 0.2) is 133 Å². The lowest BCUT2D eigenvalue weighted by atomic mass is 9.59. The van der Waals surface area contributed by atoms with E-state index in [1.165, 1.54) is 0 Å². The highest BCUT2D eigenvalue weighted by molar-refractivity contribution is 5.44. The fourth-order valence-electron chi connectivity index (χ4n) is 6.83. The topological polar surface area (TPSA) is 40.5 Å². The minimum Gasteiger partial charge on any atom is -0.380 e. The highest BCUT2D eigenvalue weighted by atomic mass is 16.3. The van der Waals surface area contributed by atoms with Crippen LogP contribution in [0.2, 0.25) is 0 Å². The van der Waals surface area contributed by atoms with Crippen LogP contribution in [0.3, 0.4) is 0 Å². The molecule has 2 aliphatic carbocycles. The van der Waals surface area contributed by atoms with Gasteiger partial charge in [0, 0.05) is 11.8 Å². The quantitative estimate of drug-likeness (QED) is 0.333. The van der Waals surface area contributed by atoms with E-state index in [0.717, 1.165) is 28.7 Å². The average molecular weight is 459 g/mol. The third-order valence-electron chi connectivity index (χ3n) is 8.28. The standard InChI is InChI=1S/C33H30O2/c34-32(26-13-5-1-6-14-26,27-15-7-2-8-16-27)30-24-21-22-25(23-24)31(30)33(35,28-17-9-3-10-18-28)29-19-11-4-12-20-29/h1-22,24-25,30-31,34-35H,23H2/t24-,25+,30-,31-/m0/s1. The van der Waals surface area contributed by atoms with E-state index in [1.54, 1.807) is 0 Å². The molecule has 174 valence electrons. The summed E-state index contributed by atoms with van der Waals surface area (Å²) in [6, 6.07) is 40.0. The van der Waals surface area contributed by atoms with E-state index in [2.05, 4.69) is 12.2 Å². The Morgan fingerprint density at radius 3 is 0.943 bits per heavy atom. The number of fused-ring (bicyclic) bond motifs is 2. The van der Waals surface area contributed by atoms with Crippen LogP contribution in [0.4, 0.5) is 0 Å². The predicted molar refractivity (Wildman–Crippen MR) is 139 cm³/mol. The van der Waals surface area contributed by atoms with Crippen molar-refractivity contribution in [2.75, 3.05) is 0 Å². The van der Waals surface area contributed by atoms with E-state index in [1.807, 2.05) is 121 Å². The summed E-state index contributed by atoms with van der Waals surface area (Å²) in [6.45, 7) is 0. The molecule has 0 aromatic heterocycles. The third kappa shape index (κ3) is 3.40. The Hall–Kier alpha value is -3.46. The Labute approximate surface area is 207 Å². The van der Waals surface area contributed by atoms with Gasteiger partial charge in [-0.2, -0.15) is 0 Å². The van der Waals surface area contributed by atoms with Crippen molar-refractivity contribution < 1.29 is 10.2 Å². The molecule has 4 atom stereocenters. The van der Waals surface area contributed by atoms with Crippen LogP contribution in [0.5, 0.6) is 0 Å². The van der Waals surface area contributed by atoms with Gasteiger partial charge in [-0.15, -0.1) is 0 Å². The van der Waals surface area contributed by atoms with Gasteiger partial charge in [-0.05, 0) is 40.5 Å². The van der Waals surface area contributed by atoms with Crippen molar-refractivity contribution in [1.29, 1.82) is 0 Å². The largest absolute Gasteiger partial charge is 0.380 e. The molecule has 0 heterocycles. The Balaban J connectivity index is 1.61. The summed E-state index contributed by atoms with van der Waals surface area (Å²) in [5.74, 6) is -0.107. The first kappa shape index (κ1) is 22.0. The summed E-state index contributed by atoms with van der Waals surface area (Å²) in [7, 11) is 0. The molecule has 2 N–H and O–H groups in total. The zero-order chi connectivity index (χ0) is 23.9. The first-order valence-corrected chi connectivity index (χ1v) is 12.5. The second kappa shape index (κ2) is 8.64. The van der Waals surface area contributed by atoms with Gasteiger partial charge in [0.2, 0.25) is 0 Å². The minimum absolute atomic E-state index is 0.161. The molecule has 0 unspecified atom stereocenters. The Bertz CT molecular complexity index is 1120. The van der Waals surface area contributed by atoms with Crippen LogP contribution >= 0.6 is 0 Å². The van der Waals surface area contributed by atoms with Crippen LogP contribution < -0.4 is 0 Å². The average Bonchev–Trinajstić information content (AvgIpc) is 3.57. The summed E-state index contributed by atoms with van der Waals surface area (Å²) >= 11 is 0. The molecular weight excluding hydrogens is 428 g/mol. The molecule has 6 rings (SSSR count). The molecule has 4 aromatic carbocycles. The highest BCUT2D eigenvalue weighted by Gasteiger charge is 2.62. The molecule has 0 spiro atoms. The van der Waals surface area contributed by atoms with Gasteiger partial charge in [0.15, 0.2) is 0 Å². The zero-order valence-electron chi connectivity index (χ0n) is 19.6. The van der Waals surface area contributed by atoms with E-state index in [-0.39, 0.29) is 23.7 Å². The van der Waals surface area contributed by atoms with Gasteiger partial charge in [0.1, 0.15) is 11.2 Å². The number of benzene rings is 4. The normalized spacial score (nSPS) is 23.5. The zero-order valence-corrected chi connectivity index (χ0v) is 19.6. The first-order chi connectivity index (χ1) is 17.1.